The molecule has 2 N–H and O–H groups in total. The van der Waals surface area contributed by atoms with Gasteiger partial charge >= 0.3 is 5.97 Å². The zero-order valence-electron chi connectivity index (χ0n) is 13.8. The van der Waals surface area contributed by atoms with Crippen LogP contribution in [0.3, 0.4) is 0 Å². The fraction of sp³-hybridized carbons (Fsp3) is 0.556. The van der Waals surface area contributed by atoms with Crippen LogP contribution in [0.5, 0.6) is 0 Å². The lowest BCUT2D eigenvalue weighted by Crippen LogP contribution is -2.49. The van der Waals surface area contributed by atoms with Crippen molar-refractivity contribution in [2.75, 3.05) is 19.8 Å². The van der Waals surface area contributed by atoms with Gasteiger partial charge < -0.3 is 15.2 Å². The Morgan fingerprint density at radius 3 is 2.43 bits per heavy atom. The molecule has 1 atom stereocenters. The number of carboxylic acids is 1. The lowest BCUT2D eigenvalue weighted by Gasteiger charge is -2.36. The van der Waals surface area contributed by atoms with Gasteiger partial charge in [0, 0.05) is 26.2 Å². The first-order valence-corrected chi connectivity index (χ1v) is 8.09. The van der Waals surface area contributed by atoms with E-state index in [0.29, 0.717) is 32.6 Å². The number of rotatable bonds is 6. The number of ether oxygens (including phenoxy) is 1. The second kappa shape index (κ2) is 7.59. The van der Waals surface area contributed by atoms with Gasteiger partial charge in [-0.1, -0.05) is 36.8 Å². The first-order chi connectivity index (χ1) is 10.9. The van der Waals surface area contributed by atoms with Crippen LogP contribution in [-0.4, -0.2) is 36.7 Å². The summed E-state index contributed by atoms with van der Waals surface area (Å²) in [5.74, 6) is -0.959. The van der Waals surface area contributed by atoms with Crippen LogP contribution in [0.2, 0.25) is 0 Å². The van der Waals surface area contributed by atoms with Gasteiger partial charge in [0.05, 0.1) is 5.41 Å². The Bertz CT molecular complexity index is 547. The molecule has 1 saturated heterocycles. The number of amides is 1. The standard InChI is InChI=1S/C18H25NO4/c1-13-3-5-15(6-4-13)18(7-9-23-10-8-18)17(22)19-12-14(2)11-16(20)21/h3-6,14H,7-12H2,1-2H3,(H,19,22)(H,20,21). The molecule has 5 heteroatoms. The third kappa shape index (κ3) is 4.32. The Labute approximate surface area is 137 Å². The number of hydrogen-bond acceptors (Lipinski definition) is 3. The maximum absolute atomic E-state index is 12.9. The topological polar surface area (TPSA) is 75.6 Å². The number of benzene rings is 1. The second-order valence-corrected chi connectivity index (χ2v) is 6.47. The van der Waals surface area contributed by atoms with Crippen molar-refractivity contribution < 1.29 is 19.4 Å². The average molecular weight is 319 g/mol. The van der Waals surface area contributed by atoms with Crippen molar-refractivity contribution in [1.82, 2.24) is 5.32 Å². The van der Waals surface area contributed by atoms with Gasteiger partial charge in [-0.3, -0.25) is 9.59 Å². The predicted molar refractivity (Wildman–Crippen MR) is 87.3 cm³/mol. The van der Waals surface area contributed by atoms with Crippen molar-refractivity contribution in [2.45, 2.75) is 38.5 Å². The molecule has 0 aromatic heterocycles. The SMILES string of the molecule is Cc1ccc(C2(C(=O)NCC(C)CC(=O)O)CCOCC2)cc1. The summed E-state index contributed by atoms with van der Waals surface area (Å²) in [5.41, 5.74) is 1.59. The summed E-state index contributed by atoms with van der Waals surface area (Å²) in [7, 11) is 0. The van der Waals surface area contributed by atoms with E-state index in [9.17, 15) is 9.59 Å². The maximum Gasteiger partial charge on any atom is 0.303 e. The highest BCUT2D eigenvalue weighted by molar-refractivity contribution is 5.88. The van der Waals surface area contributed by atoms with E-state index < -0.39 is 11.4 Å². The fourth-order valence-corrected chi connectivity index (χ4v) is 3.05. The van der Waals surface area contributed by atoms with E-state index in [0.717, 1.165) is 11.1 Å². The Morgan fingerprint density at radius 1 is 1.26 bits per heavy atom. The van der Waals surface area contributed by atoms with Crippen molar-refractivity contribution in [3.05, 3.63) is 35.4 Å². The van der Waals surface area contributed by atoms with Crippen molar-refractivity contribution in [3.63, 3.8) is 0 Å². The fourth-order valence-electron chi connectivity index (χ4n) is 3.05. The molecule has 126 valence electrons. The monoisotopic (exact) mass is 319 g/mol. The molecular formula is C18H25NO4. The van der Waals surface area contributed by atoms with E-state index in [4.69, 9.17) is 9.84 Å². The highest BCUT2D eigenvalue weighted by atomic mass is 16.5. The van der Waals surface area contributed by atoms with Gasteiger partial charge in [-0.2, -0.15) is 0 Å². The molecule has 2 rings (SSSR count). The molecule has 0 radical (unpaired) electrons. The zero-order valence-corrected chi connectivity index (χ0v) is 13.8. The maximum atomic E-state index is 12.9. The van der Waals surface area contributed by atoms with E-state index in [1.54, 1.807) is 0 Å². The molecule has 1 aromatic carbocycles. The number of hydrogen-bond donors (Lipinski definition) is 2. The normalized spacial score (nSPS) is 18.2. The minimum Gasteiger partial charge on any atom is -0.481 e. The summed E-state index contributed by atoms with van der Waals surface area (Å²) in [6, 6.07) is 8.07. The molecule has 5 nitrogen and oxygen atoms in total. The zero-order chi connectivity index (χ0) is 16.9. The predicted octanol–water partition coefficient (Wildman–Crippen LogP) is 2.27. The van der Waals surface area contributed by atoms with Gasteiger partial charge in [0.1, 0.15) is 0 Å². The third-order valence-corrected chi connectivity index (χ3v) is 4.52. The molecule has 1 unspecified atom stereocenters. The molecule has 0 spiro atoms. The largest absolute Gasteiger partial charge is 0.481 e. The molecule has 1 aliphatic rings. The van der Waals surface area contributed by atoms with Crippen LogP contribution in [0.25, 0.3) is 0 Å². The Balaban J connectivity index is 2.12. The van der Waals surface area contributed by atoms with Gasteiger partial charge in [0.15, 0.2) is 0 Å². The summed E-state index contributed by atoms with van der Waals surface area (Å²) >= 11 is 0. The molecule has 0 bridgehead atoms. The molecule has 0 saturated carbocycles. The number of aliphatic carboxylic acids is 1. The number of carbonyl (C=O) groups excluding carboxylic acids is 1. The summed E-state index contributed by atoms with van der Waals surface area (Å²) in [5, 5.41) is 11.8. The Kier molecular flexibility index (Phi) is 5.77. The van der Waals surface area contributed by atoms with Crippen LogP contribution < -0.4 is 5.32 Å². The van der Waals surface area contributed by atoms with Gasteiger partial charge in [-0.25, -0.2) is 0 Å². The Morgan fingerprint density at radius 2 is 1.87 bits per heavy atom. The smallest absolute Gasteiger partial charge is 0.303 e. The average Bonchev–Trinajstić information content (AvgIpc) is 2.53. The molecular weight excluding hydrogens is 294 g/mol. The van der Waals surface area contributed by atoms with Crippen LogP contribution in [0.4, 0.5) is 0 Å². The quantitative estimate of drug-likeness (QED) is 0.843. The van der Waals surface area contributed by atoms with Gasteiger partial charge in [0.25, 0.3) is 0 Å². The van der Waals surface area contributed by atoms with Crippen molar-refractivity contribution in [2.24, 2.45) is 5.92 Å². The van der Waals surface area contributed by atoms with E-state index in [-0.39, 0.29) is 18.2 Å². The van der Waals surface area contributed by atoms with E-state index in [1.165, 1.54) is 0 Å². The number of carbonyl (C=O) groups is 2. The van der Waals surface area contributed by atoms with Gasteiger partial charge in [0.2, 0.25) is 5.91 Å². The summed E-state index contributed by atoms with van der Waals surface area (Å²) < 4.78 is 5.44. The number of aryl methyl sites for hydroxylation is 1. The molecule has 0 aliphatic carbocycles. The molecule has 1 aromatic rings. The van der Waals surface area contributed by atoms with Crippen molar-refractivity contribution in [1.29, 1.82) is 0 Å². The van der Waals surface area contributed by atoms with E-state index in [2.05, 4.69) is 5.32 Å². The third-order valence-electron chi connectivity index (χ3n) is 4.52. The number of nitrogens with one attached hydrogen (secondary N) is 1. The highest BCUT2D eigenvalue weighted by Crippen LogP contribution is 2.35. The van der Waals surface area contributed by atoms with Crippen LogP contribution in [0, 0.1) is 12.8 Å². The van der Waals surface area contributed by atoms with Crippen molar-refractivity contribution in [3.8, 4) is 0 Å². The van der Waals surface area contributed by atoms with Crippen LogP contribution in [0.15, 0.2) is 24.3 Å². The van der Waals surface area contributed by atoms with Crippen LogP contribution in [0.1, 0.15) is 37.3 Å². The Hall–Kier alpha value is -1.88. The van der Waals surface area contributed by atoms with Crippen LogP contribution in [-0.2, 0) is 19.7 Å². The molecule has 23 heavy (non-hydrogen) atoms. The van der Waals surface area contributed by atoms with Crippen LogP contribution >= 0.6 is 0 Å². The van der Waals surface area contributed by atoms with E-state index in [1.807, 2.05) is 38.1 Å². The summed E-state index contributed by atoms with van der Waals surface area (Å²) in [6.45, 7) is 5.35. The summed E-state index contributed by atoms with van der Waals surface area (Å²) in [4.78, 5) is 23.6. The second-order valence-electron chi connectivity index (χ2n) is 6.47. The molecule has 1 amide bonds. The van der Waals surface area contributed by atoms with E-state index >= 15 is 0 Å². The highest BCUT2D eigenvalue weighted by Gasteiger charge is 2.41. The minimum atomic E-state index is -0.842. The minimum absolute atomic E-state index is 0.0260. The number of carboxylic acid groups (broad SMARTS) is 1. The lowest BCUT2D eigenvalue weighted by atomic mass is 9.73. The molecule has 1 heterocycles. The lowest BCUT2D eigenvalue weighted by molar-refractivity contribution is -0.138. The van der Waals surface area contributed by atoms with Gasteiger partial charge in [-0.05, 0) is 31.2 Å². The molecule has 1 aliphatic heterocycles. The van der Waals surface area contributed by atoms with Crippen molar-refractivity contribution >= 4 is 11.9 Å². The van der Waals surface area contributed by atoms with Gasteiger partial charge in [-0.15, -0.1) is 0 Å². The first kappa shape index (κ1) is 17.5. The molecule has 1 fully saturated rings. The first-order valence-electron chi connectivity index (χ1n) is 8.09. The summed E-state index contributed by atoms with van der Waals surface area (Å²) in [6.07, 6.45) is 1.35.